The number of aromatic nitrogens is 4. The fourth-order valence-electron chi connectivity index (χ4n) is 1.35. The van der Waals surface area contributed by atoms with E-state index in [1.807, 2.05) is 5.43 Å². The summed E-state index contributed by atoms with van der Waals surface area (Å²) in [5.74, 6) is 2.47. The Hall–Kier alpha value is -2.37. The van der Waals surface area contributed by atoms with E-state index in [9.17, 15) is 26.3 Å². The molecule has 0 saturated carbocycles. The maximum Gasteiger partial charge on any atom is 0.451 e. The van der Waals surface area contributed by atoms with Gasteiger partial charge in [0.1, 0.15) is 5.82 Å². The standard InChI is InChI=1S/C9H6F6N6/c10-8(11,12)4-2-17-21(3-4)6-1-5(20-16)18-7(19-6)9(13,14)15/h1-3H,16H2,(H,18,19,20). The van der Waals surface area contributed by atoms with Gasteiger partial charge in [-0.05, 0) is 0 Å². The number of nitrogens with two attached hydrogens (primary N) is 1. The lowest BCUT2D eigenvalue weighted by Crippen LogP contribution is -2.17. The Kier molecular flexibility index (Phi) is 3.49. The molecular formula is C9H6F6N6. The molecule has 0 fully saturated rings. The molecule has 0 bridgehead atoms. The normalized spacial score (nSPS) is 12.5. The fraction of sp³-hybridized carbons (Fsp3) is 0.222. The fourth-order valence-corrected chi connectivity index (χ4v) is 1.35. The van der Waals surface area contributed by atoms with Crippen LogP contribution in [0.25, 0.3) is 5.82 Å². The average molecular weight is 312 g/mol. The third-order valence-corrected chi connectivity index (χ3v) is 2.26. The molecule has 0 aromatic carbocycles. The van der Waals surface area contributed by atoms with E-state index < -0.39 is 35.4 Å². The summed E-state index contributed by atoms with van der Waals surface area (Å²) in [6.45, 7) is 0. The molecule has 114 valence electrons. The van der Waals surface area contributed by atoms with E-state index in [0.29, 0.717) is 17.1 Å². The van der Waals surface area contributed by atoms with Gasteiger partial charge in [-0.1, -0.05) is 0 Å². The molecule has 0 aliphatic carbocycles. The predicted molar refractivity (Wildman–Crippen MR) is 57.0 cm³/mol. The number of rotatable bonds is 2. The molecule has 0 atom stereocenters. The van der Waals surface area contributed by atoms with Crippen molar-refractivity contribution in [1.29, 1.82) is 0 Å². The molecule has 0 aliphatic rings. The van der Waals surface area contributed by atoms with E-state index in [0.717, 1.165) is 6.07 Å². The quantitative estimate of drug-likeness (QED) is 0.503. The van der Waals surface area contributed by atoms with E-state index in [-0.39, 0.29) is 0 Å². The van der Waals surface area contributed by atoms with Crippen LogP contribution in [-0.2, 0) is 12.4 Å². The molecule has 3 N–H and O–H groups in total. The van der Waals surface area contributed by atoms with Crippen molar-refractivity contribution in [2.75, 3.05) is 5.43 Å². The average Bonchev–Trinajstić information content (AvgIpc) is 2.86. The highest BCUT2D eigenvalue weighted by Gasteiger charge is 2.36. The minimum Gasteiger partial charge on any atom is -0.308 e. The molecule has 2 rings (SSSR count). The van der Waals surface area contributed by atoms with Crippen molar-refractivity contribution in [2.24, 2.45) is 5.84 Å². The summed E-state index contributed by atoms with van der Waals surface area (Å²) in [6.07, 6.45) is -8.59. The highest BCUT2D eigenvalue weighted by molar-refractivity contribution is 5.41. The van der Waals surface area contributed by atoms with Crippen LogP contribution >= 0.6 is 0 Å². The van der Waals surface area contributed by atoms with Crippen LogP contribution < -0.4 is 11.3 Å². The second-order valence-electron chi connectivity index (χ2n) is 3.75. The van der Waals surface area contributed by atoms with Gasteiger partial charge in [-0.25, -0.2) is 20.5 Å². The lowest BCUT2D eigenvalue weighted by atomic mass is 10.3. The van der Waals surface area contributed by atoms with Crippen molar-refractivity contribution in [1.82, 2.24) is 19.7 Å². The van der Waals surface area contributed by atoms with Gasteiger partial charge in [0.05, 0.1) is 11.8 Å². The lowest BCUT2D eigenvalue weighted by molar-refractivity contribution is -0.145. The third-order valence-electron chi connectivity index (χ3n) is 2.26. The van der Waals surface area contributed by atoms with E-state index >= 15 is 0 Å². The molecule has 2 aromatic rings. The number of hydrogen-bond acceptors (Lipinski definition) is 5. The number of nitrogens with zero attached hydrogens (tertiary/aromatic N) is 4. The van der Waals surface area contributed by atoms with Crippen molar-refractivity contribution in [3.63, 3.8) is 0 Å². The topological polar surface area (TPSA) is 81.6 Å². The Morgan fingerprint density at radius 3 is 2.19 bits per heavy atom. The molecule has 0 spiro atoms. The lowest BCUT2D eigenvalue weighted by Gasteiger charge is -2.09. The molecule has 0 unspecified atom stereocenters. The molecule has 21 heavy (non-hydrogen) atoms. The maximum absolute atomic E-state index is 12.6. The highest BCUT2D eigenvalue weighted by Crippen LogP contribution is 2.30. The summed E-state index contributed by atoms with van der Waals surface area (Å²) in [7, 11) is 0. The van der Waals surface area contributed by atoms with Crippen molar-refractivity contribution in [3.05, 3.63) is 29.8 Å². The summed E-state index contributed by atoms with van der Waals surface area (Å²) in [6, 6.07) is 0.919. The minimum atomic E-state index is -4.89. The molecule has 0 amide bonds. The van der Waals surface area contributed by atoms with Gasteiger partial charge >= 0.3 is 12.4 Å². The summed E-state index contributed by atoms with van der Waals surface area (Å²) < 4.78 is 75.6. The van der Waals surface area contributed by atoms with Crippen LogP contribution in [0, 0.1) is 0 Å². The second-order valence-corrected chi connectivity index (χ2v) is 3.75. The van der Waals surface area contributed by atoms with Crippen LogP contribution in [0.3, 0.4) is 0 Å². The Labute approximate surface area is 112 Å². The van der Waals surface area contributed by atoms with Crippen LogP contribution in [0.4, 0.5) is 32.2 Å². The highest BCUT2D eigenvalue weighted by atomic mass is 19.4. The molecule has 0 saturated heterocycles. The van der Waals surface area contributed by atoms with E-state index in [4.69, 9.17) is 5.84 Å². The molecule has 6 nitrogen and oxygen atoms in total. The van der Waals surface area contributed by atoms with Gasteiger partial charge in [0, 0.05) is 12.3 Å². The largest absolute Gasteiger partial charge is 0.451 e. The van der Waals surface area contributed by atoms with Crippen LogP contribution in [0.15, 0.2) is 18.5 Å². The zero-order valence-corrected chi connectivity index (χ0v) is 9.87. The van der Waals surface area contributed by atoms with Crippen molar-refractivity contribution in [3.8, 4) is 5.82 Å². The first-order chi connectivity index (χ1) is 9.61. The van der Waals surface area contributed by atoms with Gasteiger partial charge in [0.25, 0.3) is 0 Å². The van der Waals surface area contributed by atoms with Gasteiger partial charge in [0.2, 0.25) is 5.82 Å². The number of halogens is 6. The van der Waals surface area contributed by atoms with Crippen molar-refractivity contribution in [2.45, 2.75) is 12.4 Å². The van der Waals surface area contributed by atoms with Crippen molar-refractivity contribution >= 4 is 5.82 Å². The smallest absolute Gasteiger partial charge is 0.308 e. The van der Waals surface area contributed by atoms with Gasteiger partial charge in [-0.3, -0.25) is 0 Å². The van der Waals surface area contributed by atoms with E-state index in [1.165, 1.54) is 0 Å². The number of nitrogen functional groups attached to an aromatic ring is 1. The minimum absolute atomic E-state index is 0.420. The van der Waals surface area contributed by atoms with Gasteiger partial charge in [-0.2, -0.15) is 31.4 Å². The molecule has 0 radical (unpaired) electrons. The zero-order chi connectivity index (χ0) is 15.8. The summed E-state index contributed by atoms with van der Waals surface area (Å²) in [5, 5.41) is 3.32. The summed E-state index contributed by atoms with van der Waals surface area (Å²) >= 11 is 0. The van der Waals surface area contributed by atoms with E-state index in [2.05, 4.69) is 15.1 Å². The first-order valence-electron chi connectivity index (χ1n) is 5.16. The molecule has 2 heterocycles. The van der Waals surface area contributed by atoms with Crippen LogP contribution in [0.2, 0.25) is 0 Å². The zero-order valence-electron chi connectivity index (χ0n) is 9.87. The molecule has 0 aliphatic heterocycles. The predicted octanol–water partition coefficient (Wildman–Crippen LogP) is 1.99. The number of anilines is 1. The monoisotopic (exact) mass is 312 g/mol. The SMILES string of the molecule is NNc1cc(-n2cc(C(F)(F)F)cn2)nc(C(F)(F)F)n1. The number of nitrogens with one attached hydrogen (secondary N) is 1. The molecule has 12 heteroatoms. The summed E-state index contributed by atoms with van der Waals surface area (Å²) in [5.41, 5.74) is 0.744. The van der Waals surface area contributed by atoms with Gasteiger partial charge in [0.15, 0.2) is 5.82 Å². The van der Waals surface area contributed by atoms with Crippen LogP contribution in [0.1, 0.15) is 11.4 Å². The van der Waals surface area contributed by atoms with Gasteiger partial charge in [-0.15, -0.1) is 0 Å². The Morgan fingerprint density at radius 2 is 1.71 bits per heavy atom. The van der Waals surface area contributed by atoms with Crippen LogP contribution in [0.5, 0.6) is 0 Å². The Morgan fingerprint density at radius 1 is 1.05 bits per heavy atom. The van der Waals surface area contributed by atoms with Gasteiger partial charge < -0.3 is 5.43 Å². The first-order valence-corrected chi connectivity index (χ1v) is 5.16. The van der Waals surface area contributed by atoms with E-state index in [1.54, 1.807) is 0 Å². The maximum atomic E-state index is 12.6. The Bertz CT molecular complexity index is 645. The van der Waals surface area contributed by atoms with Crippen LogP contribution in [-0.4, -0.2) is 19.7 Å². The first kappa shape index (κ1) is 15.0. The summed E-state index contributed by atoms with van der Waals surface area (Å²) in [4.78, 5) is 6.19. The molecular weight excluding hydrogens is 306 g/mol. The Balaban J connectivity index is 2.51. The number of hydrazine groups is 1. The number of alkyl halides is 6. The second kappa shape index (κ2) is 4.87. The number of hydrogen-bond donors (Lipinski definition) is 2. The van der Waals surface area contributed by atoms with Crippen molar-refractivity contribution < 1.29 is 26.3 Å². The third kappa shape index (κ3) is 3.21. The molecule has 2 aromatic heterocycles.